The van der Waals surface area contributed by atoms with Gasteiger partial charge in [-0.2, -0.15) is 0 Å². The molecular formula is C39H56Cl2FN3O3Si. The molecule has 0 bridgehead atoms. The van der Waals surface area contributed by atoms with Crippen LogP contribution in [0.3, 0.4) is 0 Å². The number of benzene rings is 2. The van der Waals surface area contributed by atoms with Gasteiger partial charge in [-0.1, -0.05) is 76.9 Å². The molecule has 2 amide bonds. The van der Waals surface area contributed by atoms with E-state index in [9.17, 15) is 14.0 Å². The second kappa shape index (κ2) is 16.6. The van der Waals surface area contributed by atoms with Crippen molar-refractivity contribution in [1.29, 1.82) is 0 Å². The zero-order valence-electron chi connectivity index (χ0n) is 30.3. The van der Waals surface area contributed by atoms with Crippen LogP contribution in [-0.4, -0.2) is 92.9 Å². The topological polar surface area (TPSA) is 53.1 Å². The molecule has 270 valence electrons. The summed E-state index contributed by atoms with van der Waals surface area (Å²) in [6.07, 6.45) is 5.68. The van der Waals surface area contributed by atoms with Gasteiger partial charge >= 0.3 is 0 Å². The number of nitrogens with zero attached hydrogens (tertiary/aromatic N) is 3. The molecule has 2 heterocycles. The molecule has 5 rings (SSSR count). The molecule has 1 saturated carbocycles. The molecular weight excluding hydrogens is 676 g/mol. The van der Waals surface area contributed by atoms with Crippen LogP contribution in [0.2, 0.25) is 26.7 Å². The minimum atomic E-state index is -1.92. The summed E-state index contributed by atoms with van der Waals surface area (Å²) in [4.78, 5) is 32.8. The Morgan fingerprint density at radius 3 is 1.94 bits per heavy atom. The van der Waals surface area contributed by atoms with Crippen molar-refractivity contribution >= 4 is 43.3 Å². The molecule has 6 nitrogen and oxygen atoms in total. The Labute approximate surface area is 304 Å². The smallest absolute Gasteiger partial charge is 0.253 e. The highest BCUT2D eigenvalue weighted by Crippen LogP contribution is 2.45. The van der Waals surface area contributed by atoms with Crippen LogP contribution in [0.4, 0.5) is 4.39 Å². The third-order valence-corrected chi connectivity index (χ3v) is 18.5. The van der Waals surface area contributed by atoms with Crippen molar-refractivity contribution in [3.63, 3.8) is 0 Å². The molecule has 10 heteroatoms. The maximum absolute atomic E-state index is 13.7. The monoisotopic (exact) mass is 731 g/mol. The van der Waals surface area contributed by atoms with Gasteiger partial charge in [-0.15, -0.1) is 0 Å². The summed E-state index contributed by atoms with van der Waals surface area (Å²) >= 11 is 13.7. The first-order chi connectivity index (χ1) is 23.3. The molecule has 3 aliphatic rings. The fourth-order valence-corrected chi connectivity index (χ4v) is 15.3. The Morgan fingerprint density at radius 2 is 1.41 bits per heavy atom. The molecule has 0 spiro atoms. The van der Waals surface area contributed by atoms with E-state index in [2.05, 4.69) is 46.4 Å². The highest BCUT2D eigenvalue weighted by atomic mass is 35.5. The Morgan fingerprint density at radius 1 is 0.837 bits per heavy atom. The highest BCUT2D eigenvalue weighted by molar-refractivity contribution is 6.77. The molecule has 49 heavy (non-hydrogen) atoms. The summed E-state index contributed by atoms with van der Waals surface area (Å²) in [5.41, 5.74) is 4.95. The van der Waals surface area contributed by atoms with Crippen molar-refractivity contribution in [3.05, 3.63) is 57.6 Å². The lowest BCUT2D eigenvalue weighted by Gasteiger charge is -2.46. The van der Waals surface area contributed by atoms with Crippen LogP contribution in [0.25, 0.3) is 11.1 Å². The predicted octanol–water partition coefficient (Wildman–Crippen LogP) is 9.28. The van der Waals surface area contributed by atoms with E-state index in [4.69, 9.17) is 27.6 Å². The number of alkyl halides is 1. The Hall–Kier alpha value is -1.97. The van der Waals surface area contributed by atoms with Crippen LogP contribution in [0.1, 0.15) is 89.6 Å². The average molecular weight is 733 g/mol. The predicted molar refractivity (Wildman–Crippen MR) is 202 cm³/mol. The quantitative estimate of drug-likeness (QED) is 0.204. The molecule has 2 saturated heterocycles. The van der Waals surface area contributed by atoms with Gasteiger partial charge < -0.3 is 14.2 Å². The van der Waals surface area contributed by atoms with Gasteiger partial charge in [-0.05, 0) is 96.1 Å². The molecule has 1 aliphatic carbocycles. The third kappa shape index (κ3) is 8.41. The highest BCUT2D eigenvalue weighted by Gasteiger charge is 2.47. The number of carbonyl (C=O) groups excluding carboxylic acids is 2. The molecule has 0 N–H and O–H groups in total. The zero-order chi connectivity index (χ0) is 35.5. The Bertz CT molecular complexity index is 1390. The number of piperazine rings is 1. The fourth-order valence-electron chi connectivity index (χ4n) is 8.98. The summed E-state index contributed by atoms with van der Waals surface area (Å²) in [6.45, 7) is 17.5. The van der Waals surface area contributed by atoms with E-state index in [1.165, 1.54) is 0 Å². The van der Waals surface area contributed by atoms with Crippen LogP contribution in [0.5, 0.6) is 0 Å². The van der Waals surface area contributed by atoms with E-state index in [1.807, 2.05) is 46.2 Å². The number of rotatable bonds is 12. The van der Waals surface area contributed by atoms with Crippen LogP contribution >= 0.6 is 23.2 Å². The molecule has 3 fully saturated rings. The SMILES string of the molecule is CC(C)[Si](OC1CCC(N2CC[C@@H](Cc3c(Cl)cc(-c4ccc(C(=O)N5CCN(CCF)CC5)cc4)cc3Cl)C2=O)CC1)(C(C)C)C(C)C. The van der Waals surface area contributed by atoms with Gasteiger partial charge in [0.05, 0.1) is 0 Å². The summed E-state index contributed by atoms with van der Waals surface area (Å²) in [5.74, 6) is 0.0864. The van der Waals surface area contributed by atoms with E-state index < -0.39 is 8.32 Å². The maximum Gasteiger partial charge on any atom is 0.253 e. The Kier molecular flexibility index (Phi) is 12.9. The fraction of sp³-hybridized carbons (Fsp3) is 0.641. The van der Waals surface area contributed by atoms with Gasteiger partial charge in [0.25, 0.3) is 5.91 Å². The summed E-state index contributed by atoms with van der Waals surface area (Å²) < 4.78 is 19.8. The van der Waals surface area contributed by atoms with Gasteiger partial charge in [-0.25, -0.2) is 4.39 Å². The van der Waals surface area contributed by atoms with Crippen LogP contribution in [0, 0.1) is 5.92 Å². The molecule has 0 unspecified atom stereocenters. The van der Waals surface area contributed by atoms with Crippen LogP contribution < -0.4 is 0 Å². The molecule has 1 atom stereocenters. The van der Waals surface area contributed by atoms with Gasteiger partial charge in [0.1, 0.15) is 6.67 Å². The molecule has 2 aromatic rings. The Balaban J connectivity index is 1.17. The normalized spacial score (nSPS) is 22.6. The van der Waals surface area contributed by atoms with E-state index >= 15 is 0 Å². The lowest BCUT2D eigenvalue weighted by Crippen LogP contribution is -2.51. The standard InChI is InChI=1S/C39H56Cl2FN3O3Si/c1-26(2)49(27(3)4,28(5)6)48-34-13-11-33(12-14-34)45-17-15-31(39(45)47)23-35-36(40)24-32(25-37(35)41)29-7-9-30(10-8-29)38(46)44-21-19-43(18-16-42)20-22-44/h7-10,24-28,31,33-34H,11-23H2,1-6H3/t31-,33?,34?/m0/s1. The molecule has 2 aromatic carbocycles. The number of hydrogen-bond acceptors (Lipinski definition) is 4. The second-order valence-corrected chi connectivity index (χ2v) is 21.6. The van der Waals surface area contributed by atoms with E-state index in [1.54, 1.807) is 0 Å². The summed E-state index contributed by atoms with van der Waals surface area (Å²) in [5, 5.41) is 1.12. The number of hydrogen-bond donors (Lipinski definition) is 0. The van der Waals surface area contributed by atoms with Crippen molar-refractivity contribution in [1.82, 2.24) is 14.7 Å². The van der Waals surface area contributed by atoms with Gasteiger partial charge in [0, 0.05) is 72.9 Å². The molecule has 2 aliphatic heterocycles. The number of halogens is 3. The van der Waals surface area contributed by atoms with E-state index in [0.29, 0.717) is 77.5 Å². The molecule has 0 aromatic heterocycles. The largest absolute Gasteiger partial charge is 0.413 e. The van der Waals surface area contributed by atoms with Crippen molar-refractivity contribution in [2.24, 2.45) is 5.92 Å². The first-order valence-corrected chi connectivity index (χ1v) is 21.4. The lowest BCUT2D eigenvalue weighted by molar-refractivity contribution is -0.133. The van der Waals surface area contributed by atoms with Crippen molar-refractivity contribution in [2.75, 3.05) is 45.9 Å². The average Bonchev–Trinajstić information content (AvgIpc) is 3.44. The number of amides is 2. The molecule has 0 radical (unpaired) electrons. The number of carbonyl (C=O) groups is 2. The first-order valence-electron chi connectivity index (χ1n) is 18.5. The first kappa shape index (κ1) is 38.3. The summed E-state index contributed by atoms with van der Waals surface area (Å²) in [6, 6.07) is 11.6. The third-order valence-electron chi connectivity index (χ3n) is 11.6. The van der Waals surface area contributed by atoms with Crippen molar-refractivity contribution < 1.29 is 18.4 Å². The van der Waals surface area contributed by atoms with E-state index in [0.717, 1.165) is 55.3 Å². The van der Waals surface area contributed by atoms with Gasteiger partial charge in [0.2, 0.25) is 14.2 Å². The number of likely N-dealkylation sites (tertiary alicyclic amines) is 1. The van der Waals surface area contributed by atoms with Crippen LogP contribution in [0.15, 0.2) is 36.4 Å². The zero-order valence-corrected chi connectivity index (χ0v) is 32.8. The van der Waals surface area contributed by atoms with Crippen molar-refractivity contribution in [3.8, 4) is 11.1 Å². The minimum Gasteiger partial charge on any atom is -0.413 e. The van der Waals surface area contributed by atoms with Crippen molar-refractivity contribution in [2.45, 2.75) is 109 Å². The summed E-state index contributed by atoms with van der Waals surface area (Å²) in [7, 11) is -1.92. The maximum atomic E-state index is 13.7. The van der Waals surface area contributed by atoms with Crippen LogP contribution in [-0.2, 0) is 15.6 Å². The minimum absolute atomic E-state index is 0.0124. The van der Waals surface area contributed by atoms with Gasteiger partial charge in [-0.3, -0.25) is 14.5 Å². The van der Waals surface area contributed by atoms with Gasteiger partial charge in [0.15, 0.2) is 0 Å². The lowest BCUT2D eigenvalue weighted by atomic mass is 9.92. The second-order valence-electron chi connectivity index (χ2n) is 15.4. The van der Waals surface area contributed by atoms with E-state index in [-0.39, 0.29) is 30.4 Å².